The van der Waals surface area contributed by atoms with E-state index in [9.17, 15) is 4.79 Å². The topological polar surface area (TPSA) is 87.4 Å². The number of benzene rings is 1. The zero-order valence-electron chi connectivity index (χ0n) is 18.0. The predicted octanol–water partition coefficient (Wildman–Crippen LogP) is 2.23. The van der Waals surface area contributed by atoms with Gasteiger partial charge in [0.05, 0.1) is 0 Å². The van der Waals surface area contributed by atoms with Crippen molar-refractivity contribution < 1.29 is 4.79 Å². The van der Waals surface area contributed by atoms with Gasteiger partial charge < -0.3 is 20.1 Å². The lowest BCUT2D eigenvalue weighted by Crippen LogP contribution is -2.38. The number of halogens is 1. The maximum absolute atomic E-state index is 12.0. The molecule has 3 rings (SSSR count). The van der Waals surface area contributed by atoms with Crippen LogP contribution in [0.3, 0.4) is 0 Å². The summed E-state index contributed by atoms with van der Waals surface area (Å²) in [7, 11) is 5.27. The Bertz CT molecular complexity index is 846. The molecule has 8 nitrogen and oxygen atoms in total. The Morgan fingerprint density at radius 2 is 1.90 bits per heavy atom. The number of hydrogen-bond donors (Lipinski definition) is 2. The largest absolute Gasteiger partial charge is 0.356 e. The first-order valence-electron chi connectivity index (χ1n) is 10.2. The number of fused-ring (bicyclic) bond motifs is 1. The third kappa shape index (κ3) is 6.41. The van der Waals surface area contributed by atoms with E-state index in [4.69, 9.17) is 0 Å². The van der Waals surface area contributed by atoms with Crippen molar-refractivity contribution in [2.45, 2.75) is 45.2 Å². The van der Waals surface area contributed by atoms with Crippen LogP contribution >= 0.6 is 24.0 Å². The summed E-state index contributed by atoms with van der Waals surface area (Å²) in [4.78, 5) is 17.8. The molecule has 9 heteroatoms. The lowest BCUT2D eigenvalue weighted by atomic mass is 10.1. The van der Waals surface area contributed by atoms with E-state index in [1.165, 1.54) is 19.3 Å². The monoisotopic (exact) mass is 525 g/mol. The number of carbonyl (C=O) groups excluding carboxylic acids is 1. The summed E-state index contributed by atoms with van der Waals surface area (Å²) in [5.41, 5.74) is 1.78. The fourth-order valence-corrected chi connectivity index (χ4v) is 3.45. The van der Waals surface area contributed by atoms with Gasteiger partial charge in [-0.2, -0.15) is 0 Å². The second kappa shape index (κ2) is 11.9. The number of rotatable bonds is 6. The van der Waals surface area contributed by atoms with Gasteiger partial charge in [0.1, 0.15) is 11.6 Å². The summed E-state index contributed by atoms with van der Waals surface area (Å²) in [6.45, 7) is 2.40. The lowest BCUT2D eigenvalue weighted by molar-refractivity contribution is 0.0827. The summed E-state index contributed by atoms with van der Waals surface area (Å²) in [6.07, 6.45) is 5.52. The molecule has 0 atom stereocenters. The molecule has 2 N–H and O–H groups in total. The number of nitrogens with one attached hydrogen (secondary N) is 2. The van der Waals surface area contributed by atoms with Gasteiger partial charge in [0, 0.05) is 59.2 Å². The number of aliphatic imine (C=N–C) groups is 1. The van der Waals surface area contributed by atoms with Crippen LogP contribution in [0.25, 0.3) is 0 Å². The Hall–Kier alpha value is -2.17. The molecule has 1 amide bonds. The number of aromatic nitrogens is 3. The molecule has 2 aromatic rings. The Morgan fingerprint density at radius 3 is 2.60 bits per heavy atom. The second-order valence-corrected chi connectivity index (χ2v) is 7.49. The van der Waals surface area contributed by atoms with Crippen LogP contribution in [0.15, 0.2) is 29.3 Å². The molecule has 164 valence electrons. The molecular formula is C21H32IN7O. The average Bonchev–Trinajstić information content (AvgIpc) is 2.96. The highest BCUT2D eigenvalue weighted by atomic mass is 127. The van der Waals surface area contributed by atoms with Crippen molar-refractivity contribution in [2.75, 3.05) is 27.7 Å². The maximum atomic E-state index is 12.0. The molecular weight excluding hydrogens is 493 g/mol. The Kier molecular flexibility index (Phi) is 9.54. The van der Waals surface area contributed by atoms with Crippen molar-refractivity contribution in [2.24, 2.45) is 4.99 Å². The van der Waals surface area contributed by atoms with E-state index in [0.717, 1.165) is 49.1 Å². The molecule has 0 saturated heterocycles. The van der Waals surface area contributed by atoms with Crippen molar-refractivity contribution in [1.82, 2.24) is 30.3 Å². The van der Waals surface area contributed by atoms with Crippen molar-refractivity contribution >= 4 is 35.8 Å². The van der Waals surface area contributed by atoms with Crippen LogP contribution in [-0.4, -0.2) is 59.2 Å². The summed E-state index contributed by atoms with van der Waals surface area (Å²) in [6, 6.07) is 7.63. The van der Waals surface area contributed by atoms with E-state index in [-0.39, 0.29) is 29.9 Å². The van der Waals surface area contributed by atoms with Gasteiger partial charge in [-0.1, -0.05) is 18.6 Å². The van der Waals surface area contributed by atoms with Crippen LogP contribution < -0.4 is 10.6 Å². The minimum absolute atomic E-state index is 0. The quantitative estimate of drug-likeness (QED) is 0.343. The highest BCUT2D eigenvalue weighted by Crippen LogP contribution is 2.14. The van der Waals surface area contributed by atoms with Gasteiger partial charge in [-0.15, -0.1) is 34.2 Å². The van der Waals surface area contributed by atoms with Crippen molar-refractivity contribution in [3.8, 4) is 0 Å². The van der Waals surface area contributed by atoms with Gasteiger partial charge in [-0.05, 0) is 30.5 Å². The molecule has 1 aromatic carbocycles. The van der Waals surface area contributed by atoms with Crippen molar-refractivity contribution in [3.63, 3.8) is 0 Å². The van der Waals surface area contributed by atoms with E-state index < -0.39 is 0 Å². The number of guanidine groups is 1. The SMILES string of the molecule is CN=C(NCCc1nnc2n1CCCCC2)NCc1ccc(C(=O)N(C)C)cc1.I. The third-order valence-corrected chi connectivity index (χ3v) is 5.12. The van der Waals surface area contributed by atoms with E-state index >= 15 is 0 Å². The molecule has 2 heterocycles. The molecule has 0 unspecified atom stereocenters. The van der Waals surface area contributed by atoms with Gasteiger partial charge in [0.25, 0.3) is 5.91 Å². The van der Waals surface area contributed by atoms with Crippen molar-refractivity contribution in [3.05, 3.63) is 47.0 Å². The average molecular weight is 525 g/mol. The summed E-state index contributed by atoms with van der Waals surface area (Å²) in [5, 5.41) is 15.4. The molecule has 0 aliphatic carbocycles. The van der Waals surface area contributed by atoms with Crippen LogP contribution in [0.1, 0.15) is 46.8 Å². The van der Waals surface area contributed by atoms with Gasteiger partial charge in [-0.3, -0.25) is 9.79 Å². The third-order valence-electron chi connectivity index (χ3n) is 5.12. The number of hydrogen-bond acceptors (Lipinski definition) is 4. The Labute approximate surface area is 195 Å². The predicted molar refractivity (Wildman–Crippen MR) is 129 cm³/mol. The zero-order chi connectivity index (χ0) is 20.6. The zero-order valence-corrected chi connectivity index (χ0v) is 20.3. The summed E-state index contributed by atoms with van der Waals surface area (Å²) >= 11 is 0. The van der Waals surface area contributed by atoms with Crippen LogP contribution in [0.4, 0.5) is 0 Å². The molecule has 1 aliphatic heterocycles. The molecule has 0 bridgehead atoms. The highest BCUT2D eigenvalue weighted by molar-refractivity contribution is 14.0. The summed E-state index contributed by atoms with van der Waals surface area (Å²) in [5.74, 6) is 2.92. The van der Waals surface area contributed by atoms with Crippen molar-refractivity contribution in [1.29, 1.82) is 0 Å². The normalized spacial score (nSPS) is 13.6. The Balaban J connectivity index is 0.00000320. The van der Waals surface area contributed by atoms with E-state index in [0.29, 0.717) is 12.1 Å². The smallest absolute Gasteiger partial charge is 0.253 e. The van der Waals surface area contributed by atoms with Crippen LogP contribution in [-0.2, 0) is 25.9 Å². The number of nitrogens with zero attached hydrogens (tertiary/aromatic N) is 5. The lowest BCUT2D eigenvalue weighted by Gasteiger charge is -2.13. The molecule has 1 aromatic heterocycles. The van der Waals surface area contributed by atoms with Crippen LogP contribution in [0, 0.1) is 0 Å². The first-order valence-corrected chi connectivity index (χ1v) is 10.2. The molecule has 30 heavy (non-hydrogen) atoms. The fourth-order valence-electron chi connectivity index (χ4n) is 3.45. The minimum atomic E-state index is 0. The molecule has 0 fully saturated rings. The molecule has 0 radical (unpaired) electrons. The Morgan fingerprint density at radius 1 is 1.13 bits per heavy atom. The van der Waals surface area contributed by atoms with E-state index in [1.807, 2.05) is 24.3 Å². The number of carbonyl (C=O) groups is 1. The van der Waals surface area contributed by atoms with E-state index in [2.05, 4.69) is 30.4 Å². The standard InChI is InChI=1S/C21H31N7O.HI/c1-22-21(24-15-16-8-10-17(11-9-16)20(29)27(2)3)23-13-12-19-26-25-18-7-5-4-6-14-28(18)19;/h8-11H,4-7,12-15H2,1-3H3,(H2,22,23,24);1H. The van der Waals surface area contributed by atoms with Crippen LogP contribution in [0.5, 0.6) is 0 Å². The maximum Gasteiger partial charge on any atom is 0.253 e. The fraction of sp³-hybridized carbons (Fsp3) is 0.524. The first kappa shape index (κ1) is 24.1. The van der Waals surface area contributed by atoms with Crippen LogP contribution in [0.2, 0.25) is 0 Å². The van der Waals surface area contributed by atoms with E-state index in [1.54, 1.807) is 26.0 Å². The summed E-state index contributed by atoms with van der Waals surface area (Å²) < 4.78 is 2.28. The minimum Gasteiger partial charge on any atom is -0.356 e. The van der Waals surface area contributed by atoms with Gasteiger partial charge >= 0.3 is 0 Å². The highest BCUT2D eigenvalue weighted by Gasteiger charge is 2.14. The second-order valence-electron chi connectivity index (χ2n) is 7.49. The molecule has 0 spiro atoms. The molecule has 0 saturated carbocycles. The first-order chi connectivity index (χ1) is 14.1. The number of amides is 1. The number of aryl methyl sites for hydroxylation is 1. The molecule has 1 aliphatic rings. The van der Waals surface area contributed by atoms with Gasteiger partial charge in [-0.25, -0.2) is 0 Å². The van der Waals surface area contributed by atoms with Gasteiger partial charge in [0.15, 0.2) is 5.96 Å². The van der Waals surface area contributed by atoms with Gasteiger partial charge in [0.2, 0.25) is 0 Å².